The van der Waals surface area contributed by atoms with Gasteiger partial charge < -0.3 is 19.1 Å². The molecule has 0 radical (unpaired) electrons. The first-order chi connectivity index (χ1) is 13.0. The number of amides is 1. The lowest BCUT2D eigenvalue weighted by Gasteiger charge is -2.26. The quantitative estimate of drug-likeness (QED) is 0.666. The topological polar surface area (TPSA) is 65.1 Å². The van der Waals surface area contributed by atoms with Crippen molar-refractivity contribution in [3.05, 3.63) is 59.7 Å². The SMILES string of the molecule is COc1cccc(C(=O)OCC(=O)N(Cc2ccccc2)C(C)C)c1OC. The highest BCUT2D eigenvalue weighted by Gasteiger charge is 2.22. The molecule has 6 nitrogen and oxygen atoms in total. The van der Waals surface area contributed by atoms with Gasteiger partial charge in [-0.05, 0) is 31.5 Å². The predicted molar refractivity (Wildman–Crippen MR) is 102 cm³/mol. The van der Waals surface area contributed by atoms with Crippen molar-refractivity contribution in [3.63, 3.8) is 0 Å². The molecule has 0 heterocycles. The summed E-state index contributed by atoms with van der Waals surface area (Å²) in [6, 6.07) is 14.6. The third kappa shape index (κ3) is 5.23. The summed E-state index contributed by atoms with van der Waals surface area (Å²) in [7, 11) is 2.93. The Balaban J connectivity index is 2.06. The first kappa shape index (κ1) is 20.3. The lowest BCUT2D eigenvalue weighted by molar-refractivity contribution is -0.136. The molecule has 2 rings (SSSR count). The molecule has 2 aromatic carbocycles. The lowest BCUT2D eigenvalue weighted by Crippen LogP contribution is -2.39. The Morgan fingerprint density at radius 1 is 0.963 bits per heavy atom. The molecule has 0 saturated carbocycles. The molecule has 6 heteroatoms. The molecule has 1 amide bonds. The van der Waals surface area contributed by atoms with Crippen LogP contribution in [0.3, 0.4) is 0 Å². The van der Waals surface area contributed by atoms with Crippen molar-refractivity contribution in [2.45, 2.75) is 26.4 Å². The molecule has 144 valence electrons. The molecule has 0 aliphatic rings. The number of ether oxygens (including phenoxy) is 3. The molecule has 27 heavy (non-hydrogen) atoms. The van der Waals surface area contributed by atoms with Crippen LogP contribution in [0.2, 0.25) is 0 Å². The van der Waals surface area contributed by atoms with Crippen LogP contribution in [0.5, 0.6) is 11.5 Å². The smallest absolute Gasteiger partial charge is 0.342 e. The molecule has 0 saturated heterocycles. The first-order valence-electron chi connectivity index (χ1n) is 8.69. The minimum Gasteiger partial charge on any atom is -0.493 e. The van der Waals surface area contributed by atoms with Crippen molar-refractivity contribution in [1.29, 1.82) is 0 Å². The summed E-state index contributed by atoms with van der Waals surface area (Å²) in [6.45, 7) is 3.96. The van der Waals surface area contributed by atoms with E-state index in [-0.39, 0.29) is 29.9 Å². The van der Waals surface area contributed by atoms with Crippen LogP contribution in [0.25, 0.3) is 0 Å². The molecule has 0 spiro atoms. The highest BCUT2D eigenvalue weighted by atomic mass is 16.5. The van der Waals surface area contributed by atoms with Crippen molar-refractivity contribution >= 4 is 11.9 Å². The highest BCUT2D eigenvalue weighted by Crippen LogP contribution is 2.31. The van der Waals surface area contributed by atoms with Crippen molar-refractivity contribution in [2.75, 3.05) is 20.8 Å². The second-order valence-corrected chi connectivity index (χ2v) is 6.22. The van der Waals surface area contributed by atoms with E-state index in [0.29, 0.717) is 12.3 Å². The Hall–Kier alpha value is -3.02. The number of benzene rings is 2. The van der Waals surface area contributed by atoms with E-state index in [1.807, 2.05) is 44.2 Å². The normalized spacial score (nSPS) is 10.4. The van der Waals surface area contributed by atoms with Gasteiger partial charge in [0.25, 0.3) is 5.91 Å². The Morgan fingerprint density at radius 2 is 1.67 bits per heavy atom. The Morgan fingerprint density at radius 3 is 2.26 bits per heavy atom. The molecular weight excluding hydrogens is 346 g/mol. The van der Waals surface area contributed by atoms with Crippen LogP contribution in [-0.4, -0.2) is 43.6 Å². The summed E-state index contributed by atoms with van der Waals surface area (Å²) in [5.74, 6) is -0.194. The summed E-state index contributed by atoms with van der Waals surface area (Å²) in [5, 5.41) is 0. The third-order valence-corrected chi connectivity index (χ3v) is 4.09. The molecule has 0 bridgehead atoms. The van der Waals surface area contributed by atoms with Crippen LogP contribution in [-0.2, 0) is 16.1 Å². The first-order valence-corrected chi connectivity index (χ1v) is 8.69. The number of nitrogens with zero attached hydrogens (tertiary/aromatic N) is 1. The van der Waals surface area contributed by atoms with E-state index in [2.05, 4.69) is 0 Å². The summed E-state index contributed by atoms with van der Waals surface area (Å²) >= 11 is 0. The molecule has 0 fully saturated rings. The number of esters is 1. The second kappa shape index (κ2) is 9.62. The van der Waals surface area contributed by atoms with Crippen molar-refractivity contribution < 1.29 is 23.8 Å². The van der Waals surface area contributed by atoms with Gasteiger partial charge in [-0.1, -0.05) is 36.4 Å². The fourth-order valence-corrected chi connectivity index (χ4v) is 2.67. The minimum absolute atomic E-state index is 0.0252. The summed E-state index contributed by atoms with van der Waals surface area (Å²) in [4.78, 5) is 26.7. The van der Waals surface area contributed by atoms with Gasteiger partial charge in [0, 0.05) is 12.6 Å². The molecule has 0 aromatic heterocycles. The number of hydrogen-bond acceptors (Lipinski definition) is 5. The minimum atomic E-state index is -0.637. The van der Waals surface area contributed by atoms with Gasteiger partial charge in [-0.15, -0.1) is 0 Å². The number of rotatable bonds is 8. The van der Waals surface area contributed by atoms with Crippen LogP contribution in [0, 0.1) is 0 Å². The van der Waals surface area contributed by atoms with Gasteiger partial charge in [0.05, 0.1) is 14.2 Å². The van der Waals surface area contributed by atoms with E-state index in [4.69, 9.17) is 14.2 Å². The zero-order valence-electron chi connectivity index (χ0n) is 16.1. The number of carbonyl (C=O) groups is 2. The van der Waals surface area contributed by atoms with Crippen LogP contribution < -0.4 is 9.47 Å². The maximum Gasteiger partial charge on any atom is 0.342 e. The van der Waals surface area contributed by atoms with Crippen molar-refractivity contribution in [1.82, 2.24) is 4.90 Å². The lowest BCUT2D eigenvalue weighted by atomic mass is 10.2. The van der Waals surface area contributed by atoms with E-state index in [9.17, 15) is 9.59 Å². The van der Waals surface area contributed by atoms with Crippen molar-refractivity contribution in [2.24, 2.45) is 0 Å². The molecule has 2 aromatic rings. The zero-order valence-corrected chi connectivity index (χ0v) is 16.1. The van der Waals surface area contributed by atoms with E-state index in [1.165, 1.54) is 14.2 Å². The second-order valence-electron chi connectivity index (χ2n) is 6.22. The van der Waals surface area contributed by atoms with Gasteiger partial charge in [-0.2, -0.15) is 0 Å². The molecule has 0 aliphatic carbocycles. The van der Waals surface area contributed by atoms with E-state index < -0.39 is 5.97 Å². The van der Waals surface area contributed by atoms with Crippen LogP contribution in [0.15, 0.2) is 48.5 Å². The van der Waals surface area contributed by atoms with Crippen LogP contribution in [0.1, 0.15) is 29.8 Å². The van der Waals surface area contributed by atoms with E-state index >= 15 is 0 Å². The van der Waals surface area contributed by atoms with Crippen LogP contribution in [0.4, 0.5) is 0 Å². The van der Waals surface area contributed by atoms with E-state index in [1.54, 1.807) is 23.1 Å². The molecule has 0 aliphatic heterocycles. The fraction of sp³-hybridized carbons (Fsp3) is 0.333. The van der Waals surface area contributed by atoms with Gasteiger partial charge in [0.1, 0.15) is 5.56 Å². The monoisotopic (exact) mass is 371 g/mol. The number of para-hydroxylation sites is 1. The molecule has 0 unspecified atom stereocenters. The van der Waals surface area contributed by atoms with Gasteiger partial charge in [-0.3, -0.25) is 4.79 Å². The fourth-order valence-electron chi connectivity index (χ4n) is 2.67. The average molecular weight is 371 g/mol. The number of hydrogen-bond donors (Lipinski definition) is 0. The van der Waals surface area contributed by atoms with Gasteiger partial charge >= 0.3 is 5.97 Å². The molecule has 0 atom stereocenters. The Kier molecular flexibility index (Phi) is 7.23. The summed E-state index contributed by atoms with van der Waals surface area (Å²) < 4.78 is 15.7. The predicted octanol–water partition coefficient (Wildman–Crippen LogP) is 3.30. The Labute approximate surface area is 159 Å². The van der Waals surface area contributed by atoms with E-state index in [0.717, 1.165) is 5.56 Å². The largest absolute Gasteiger partial charge is 0.493 e. The van der Waals surface area contributed by atoms with Gasteiger partial charge in [0.2, 0.25) is 0 Å². The van der Waals surface area contributed by atoms with Gasteiger partial charge in [-0.25, -0.2) is 4.79 Å². The maximum absolute atomic E-state index is 12.6. The van der Waals surface area contributed by atoms with Crippen LogP contribution >= 0.6 is 0 Å². The average Bonchev–Trinajstić information content (AvgIpc) is 2.69. The zero-order chi connectivity index (χ0) is 19.8. The molecular formula is C21H25NO5. The summed E-state index contributed by atoms with van der Waals surface area (Å²) in [5.41, 5.74) is 1.23. The number of carbonyl (C=O) groups excluding carboxylic acids is 2. The standard InChI is InChI=1S/C21H25NO5/c1-15(2)22(13-16-9-6-5-7-10-16)19(23)14-27-21(24)17-11-8-12-18(25-3)20(17)26-4/h5-12,15H,13-14H2,1-4H3. The number of methoxy groups -OCH3 is 2. The van der Waals surface area contributed by atoms with Gasteiger partial charge in [0.15, 0.2) is 18.1 Å². The highest BCUT2D eigenvalue weighted by molar-refractivity contribution is 5.95. The summed E-state index contributed by atoms with van der Waals surface area (Å²) in [6.07, 6.45) is 0. The Bertz CT molecular complexity index is 773. The maximum atomic E-state index is 12.6. The van der Waals surface area contributed by atoms with Crippen molar-refractivity contribution in [3.8, 4) is 11.5 Å². The molecule has 0 N–H and O–H groups in total. The third-order valence-electron chi connectivity index (χ3n) is 4.09.